The second-order valence-corrected chi connectivity index (χ2v) is 11.9. The number of likely N-dealkylation sites (tertiary alicyclic amines) is 1. The molecule has 1 N–H and O–H groups in total. The number of piperidine rings is 1. The van der Waals surface area contributed by atoms with Crippen LogP contribution in [0.4, 0.5) is 0 Å². The van der Waals surface area contributed by atoms with Crippen molar-refractivity contribution in [2.75, 3.05) is 20.2 Å². The quantitative estimate of drug-likeness (QED) is 0.236. The molecule has 4 aromatic rings. The van der Waals surface area contributed by atoms with Crippen LogP contribution >= 0.6 is 0 Å². The number of nitrogens with zero attached hydrogens (tertiary/aromatic N) is 3. The minimum Gasteiger partial charge on any atom is -0.489 e. The Morgan fingerprint density at radius 2 is 1.77 bits per heavy atom. The van der Waals surface area contributed by atoms with Gasteiger partial charge in [-0.2, -0.15) is 5.10 Å². The standard InChI is InChI=1S/C34H44N4O2/c1-21(2)25-9-8-23(5)33(17-25)40-20-30-24(6)36-32(16-26(30)19-38-14-12-27(39-7)13-15-38)34-28(22(3)4)10-11-31-29(34)18-35-37-31/h8-11,16-18,21-22,27H,12-15,19-20H2,1-7H3,(H,35,37). The van der Waals surface area contributed by atoms with Crippen molar-refractivity contribution < 1.29 is 9.47 Å². The van der Waals surface area contributed by atoms with Crippen molar-refractivity contribution in [3.05, 3.63) is 76.1 Å². The summed E-state index contributed by atoms with van der Waals surface area (Å²) >= 11 is 0. The lowest BCUT2D eigenvalue weighted by molar-refractivity contribution is 0.0387. The van der Waals surface area contributed by atoms with Crippen molar-refractivity contribution in [3.63, 3.8) is 0 Å². The summed E-state index contributed by atoms with van der Waals surface area (Å²) in [5, 5.41) is 8.63. The van der Waals surface area contributed by atoms with Crippen molar-refractivity contribution in [3.8, 4) is 17.0 Å². The zero-order chi connectivity index (χ0) is 28.4. The van der Waals surface area contributed by atoms with Gasteiger partial charge >= 0.3 is 0 Å². The van der Waals surface area contributed by atoms with Crippen molar-refractivity contribution >= 4 is 10.9 Å². The molecule has 2 aromatic carbocycles. The Hall–Kier alpha value is -3.22. The summed E-state index contributed by atoms with van der Waals surface area (Å²) in [5.74, 6) is 1.77. The van der Waals surface area contributed by atoms with E-state index in [1.54, 1.807) is 0 Å². The third-order valence-electron chi connectivity index (χ3n) is 8.47. The second-order valence-electron chi connectivity index (χ2n) is 11.9. The SMILES string of the molecule is COC1CCN(Cc2cc(-c3c(C(C)C)ccc4[nH]ncc34)nc(C)c2COc2cc(C(C)C)ccc2C)CC1. The van der Waals surface area contributed by atoms with Crippen LogP contribution in [-0.2, 0) is 17.9 Å². The van der Waals surface area contributed by atoms with Gasteiger partial charge in [-0.3, -0.25) is 15.0 Å². The maximum atomic E-state index is 6.53. The Morgan fingerprint density at radius 1 is 1.00 bits per heavy atom. The topological polar surface area (TPSA) is 63.3 Å². The fraction of sp³-hybridized carbons (Fsp3) is 0.471. The van der Waals surface area contributed by atoms with Gasteiger partial charge in [-0.05, 0) is 79.0 Å². The van der Waals surface area contributed by atoms with Crippen LogP contribution < -0.4 is 4.74 Å². The van der Waals surface area contributed by atoms with E-state index in [1.807, 2.05) is 13.3 Å². The number of methoxy groups -OCH3 is 1. The predicted molar refractivity (Wildman–Crippen MR) is 163 cm³/mol. The number of ether oxygens (including phenoxy) is 2. The van der Waals surface area contributed by atoms with Gasteiger partial charge in [0, 0.05) is 49.0 Å². The Labute approximate surface area is 239 Å². The summed E-state index contributed by atoms with van der Waals surface area (Å²) in [6.07, 6.45) is 4.42. The molecule has 0 unspecified atom stereocenters. The molecule has 0 bridgehead atoms. The minimum atomic E-state index is 0.359. The number of aryl methyl sites for hydroxylation is 2. The average Bonchev–Trinajstić information content (AvgIpc) is 3.42. The zero-order valence-corrected chi connectivity index (χ0v) is 25.2. The lowest BCUT2D eigenvalue weighted by atomic mass is 9.91. The van der Waals surface area contributed by atoms with E-state index in [0.29, 0.717) is 24.5 Å². The molecule has 1 aliphatic rings. The van der Waals surface area contributed by atoms with Crippen LogP contribution in [0.1, 0.15) is 85.9 Å². The second kappa shape index (κ2) is 12.1. The monoisotopic (exact) mass is 540 g/mol. The first-order valence-electron chi connectivity index (χ1n) is 14.7. The molecule has 0 aliphatic carbocycles. The Kier molecular flexibility index (Phi) is 8.57. The highest BCUT2D eigenvalue weighted by Crippen LogP contribution is 2.36. The number of aromatic nitrogens is 3. The van der Waals surface area contributed by atoms with Crippen LogP contribution in [-0.4, -0.2) is 46.4 Å². The fourth-order valence-electron chi connectivity index (χ4n) is 5.86. The molecular weight excluding hydrogens is 496 g/mol. The summed E-state index contributed by atoms with van der Waals surface area (Å²) in [4.78, 5) is 7.76. The molecule has 1 saturated heterocycles. The highest BCUT2D eigenvalue weighted by atomic mass is 16.5. The highest BCUT2D eigenvalue weighted by molar-refractivity contribution is 5.95. The molecule has 212 valence electrons. The maximum absolute atomic E-state index is 6.53. The Balaban J connectivity index is 1.55. The maximum Gasteiger partial charge on any atom is 0.123 e. The molecule has 0 spiro atoms. The molecule has 0 amide bonds. The molecule has 6 heteroatoms. The number of aromatic amines is 1. The van der Waals surface area contributed by atoms with Crippen molar-refractivity contribution in [2.45, 2.75) is 85.5 Å². The van der Waals surface area contributed by atoms with E-state index in [4.69, 9.17) is 14.5 Å². The third-order valence-corrected chi connectivity index (χ3v) is 8.47. The largest absolute Gasteiger partial charge is 0.489 e. The first kappa shape index (κ1) is 28.3. The number of nitrogens with one attached hydrogen (secondary N) is 1. The number of hydrogen-bond acceptors (Lipinski definition) is 5. The van der Waals surface area contributed by atoms with Crippen LogP contribution in [0.25, 0.3) is 22.2 Å². The van der Waals surface area contributed by atoms with E-state index in [0.717, 1.165) is 66.1 Å². The van der Waals surface area contributed by atoms with Gasteiger partial charge in [0.25, 0.3) is 0 Å². The van der Waals surface area contributed by atoms with Crippen LogP contribution in [0.5, 0.6) is 5.75 Å². The van der Waals surface area contributed by atoms with Gasteiger partial charge in [0.15, 0.2) is 0 Å². The van der Waals surface area contributed by atoms with Crippen LogP contribution in [0.3, 0.4) is 0 Å². The molecule has 6 nitrogen and oxygen atoms in total. The normalized spacial score (nSPS) is 15.0. The van der Waals surface area contributed by atoms with Gasteiger partial charge < -0.3 is 9.47 Å². The molecule has 1 aliphatic heterocycles. The van der Waals surface area contributed by atoms with E-state index in [-0.39, 0.29) is 0 Å². The Bertz CT molecular complexity index is 1460. The fourth-order valence-corrected chi connectivity index (χ4v) is 5.86. The Morgan fingerprint density at radius 3 is 2.48 bits per heavy atom. The van der Waals surface area contributed by atoms with Crippen LogP contribution in [0, 0.1) is 13.8 Å². The first-order chi connectivity index (χ1) is 19.2. The summed E-state index contributed by atoms with van der Waals surface area (Å²) in [6, 6.07) is 13.2. The zero-order valence-electron chi connectivity index (χ0n) is 25.2. The van der Waals surface area contributed by atoms with E-state index >= 15 is 0 Å². The van der Waals surface area contributed by atoms with Crippen molar-refractivity contribution in [1.82, 2.24) is 20.1 Å². The number of fused-ring (bicyclic) bond motifs is 1. The minimum absolute atomic E-state index is 0.359. The molecule has 3 heterocycles. The van der Waals surface area contributed by atoms with Crippen molar-refractivity contribution in [1.29, 1.82) is 0 Å². The van der Waals surface area contributed by atoms with Crippen LogP contribution in [0.15, 0.2) is 42.6 Å². The number of benzene rings is 2. The average molecular weight is 541 g/mol. The highest BCUT2D eigenvalue weighted by Gasteiger charge is 2.23. The molecular formula is C34H44N4O2. The molecule has 0 radical (unpaired) electrons. The van der Waals surface area contributed by atoms with E-state index in [1.165, 1.54) is 27.8 Å². The van der Waals surface area contributed by atoms with Gasteiger partial charge in [0.05, 0.1) is 23.5 Å². The smallest absolute Gasteiger partial charge is 0.123 e. The van der Waals surface area contributed by atoms with E-state index in [2.05, 4.69) is 93.0 Å². The molecule has 2 aromatic heterocycles. The summed E-state index contributed by atoms with van der Waals surface area (Å²) < 4.78 is 12.2. The number of pyridine rings is 1. The molecule has 0 atom stereocenters. The lowest BCUT2D eigenvalue weighted by Crippen LogP contribution is -2.36. The van der Waals surface area contributed by atoms with Crippen LogP contribution in [0.2, 0.25) is 0 Å². The van der Waals surface area contributed by atoms with Gasteiger partial charge in [0.1, 0.15) is 12.4 Å². The van der Waals surface area contributed by atoms with Crippen molar-refractivity contribution in [2.24, 2.45) is 0 Å². The summed E-state index contributed by atoms with van der Waals surface area (Å²) in [5.41, 5.74) is 10.4. The van der Waals surface area contributed by atoms with Gasteiger partial charge in [0.2, 0.25) is 0 Å². The van der Waals surface area contributed by atoms with Gasteiger partial charge in [-0.25, -0.2) is 0 Å². The predicted octanol–water partition coefficient (Wildman–Crippen LogP) is 7.68. The molecule has 5 rings (SSSR count). The first-order valence-corrected chi connectivity index (χ1v) is 14.7. The number of H-pyrrole nitrogens is 1. The molecule has 40 heavy (non-hydrogen) atoms. The van der Waals surface area contributed by atoms with E-state index in [9.17, 15) is 0 Å². The number of hydrogen-bond donors (Lipinski definition) is 1. The number of rotatable bonds is 9. The van der Waals surface area contributed by atoms with Gasteiger partial charge in [-0.15, -0.1) is 0 Å². The molecule has 1 fully saturated rings. The lowest BCUT2D eigenvalue weighted by Gasteiger charge is -2.32. The summed E-state index contributed by atoms with van der Waals surface area (Å²) in [6.45, 7) is 16.6. The van der Waals surface area contributed by atoms with E-state index < -0.39 is 0 Å². The van der Waals surface area contributed by atoms with Gasteiger partial charge in [-0.1, -0.05) is 45.9 Å². The molecule has 0 saturated carbocycles. The summed E-state index contributed by atoms with van der Waals surface area (Å²) in [7, 11) is 1.83. The third kappa shape index (κ3) is 5.93.